The van der Waals surface area contributed by atoms with E-state index in [9.17, 15) is 4.79 Å². The molecule has 0 radical (unpaired) electrons. The molecule has 1 atom stereocenters. The van der Waals surface area contributed by atoms with Crippen molar-refractivity contribution in [2.75, 3.05) is 33.2 Å². The van der Waals surface area contributed by atoms with Crippen LogP contribution in [0.2, 0.25) is 0 Å². The summed E-state index contributed by atoms with van der Waals surface area (Å²) in [7, 11) is 2.22. The number of likely N-dealkylation sites (N-methyl/N-ethyl adjacent to an activating group) is 1. The Morgan fingerprint density at radius 2 is 1.93 bits per heavy atom. The Balaban J connectivity index is 1.43. The van der Waals surface area contributed by atoms with E-state index in [0.29, 0.717) is 17.2 Å². The third-order valence-electron chi connectivity index (χ3n) is 6.32. The second kappa shape index (κ2) is 7.73. The molecule has 2 fully saturated rings. The van der Waals surface area contributed by atoms with Gasteiger partial charge in [-0.2, -0.15) is 5.26 Å². The van der Waals surface area contributed by atoms with Gasteiger partial charge in [0.2, 0.25) is 0 Å². The van der Waals surface area contributed by atoms with E-state index in [-0.39, 0.29) is 11.3 Å². The van der Waals surface area contributed by atoms with E-state index in [2.05, 4.69) is 47.3 Å². The topological polar surface area (TPSA) is 60.2 Å². The Kier molecular flexibility index (Phi) is 5.15. The molecule has 0 aliphatic carbocycles. The lowest BCUT2D eigenvalue weighted by Crippen LogP contribution is -2.51. The highest BCUT2D eigenvalue weighted by molar-refractivity contribution is 5.94. The van der Waals surface area contributed by atoms with Crippen LogP contribution >= 0.6 is 0 Å². The van der Waals surface area contributed by atoms with Crippen LogP contribution < -0.4 is 0 Å². The van der Waals surface area contributed by atoms with E-state index in [1.54, 1.807) is 12.1 Å². The number of aromatic nitrogens is 1. The minimum Gasteiger partial charge on any atom is -0.339 e. The van der Waals surface area contributed by atoms with Crippen molar-refractivity contribution >= 4 is 5.91 Å². The van der Waals surface area contributed by atoms with Gasteiger partial charge in [0.05, 0.1) is 5.56 Å². The number of hydrogen-bond donors (Lipinski definition) is 0. The first-order valence-electron chi connectivity index (χ1n) is 9.97. The Morgan fingerprint density at radius 3 is 2.57 bits per heavy atom. The van der Waals surface area contributed by atoms with Crippen molar-refractivity contribution in [3.05, 3.63) is 65.5 Å². The van der Waals surface area contributed by atoms with Gasteiger partial charge < -0.3 is 9.80 Å². The monoisotopic (exact) mass is 374 g/mol. The van der Waals surface area contributed by atoms with Crippen molar-refractivity contribution in [2.24, 2.45) is 5.41 Å². The average molecular weight is 374 g/mol. The Hall–Kier alpha value is -2.71. The van der Waals surface area contributed by atoms with Gasteiger partial charge in [-0.1, -0.05) is 30.3 Å². The van der Waals surface area contributed by atoms with E-state index in [1.807, 2.05) is 11.0 Å². The molecule has 2 saturated heterocycles. The van der Waals surface area contributed by atoms with Gasteiger partial charge in [-0.25, -0.2) is 4.98 Å². The number of piperidine rings is 2. The molecule has 0 unspecified atom stereocenters. The van der Waals surface area contributed by atoms with E-state index in [0.717, 1.165) is 39.0 Å². The molecule has 0 saturated carbocycles. The third kappa shape index (κ3) is 3.79. The molecule has 28 heavy (non-hydrogen) atoms. The molecule has 144 valence electrons. The fourth-order valence-corrected chi connectivity index (χ4v) is 4.93. The van der Waals surface area contributed by atoms with Crippen molar-refractivity contribution < 1.29 is 4.79 Å². The number of likely N-dealkylation sites (tertiary alicyclic amines) is 2. The van der Waals surface area contributed by atoms with Gasteiger partial charge in [-0.15, -0.1) is 0 Å². The van der Waals surface area contributed by atoms with Crippen molar-refractivity contribution in [1.82, 2.24) is 14.8 Å². The lowest BCUT2D eigenvalue weighted by atomic mass is 9.68. The van der Waals surface area contributed by atoms with Crippen molar-refractivity contribution in [1.29, 1.82) is 5.26 Å². The van der Waals surface area contributed by atoms with E-state index < -0.39 is 0 Å². The van der Waals surface area contributed by atoms with Gasteiger partial charge >= 0.3 is 0 Å². The SMILES string of the molecule is CN1C[C@@H](c2ccccc2)CC2(CCN(C(=O)c3ccc(C#N)nc3)CC2)C1. The smallest absolute Gasteiger partial charge is 0.255 e. The van der Waals surface area contributed by atoms with Crippen LogP contribution in [-0.2, 0) is 0 Å². The minimum atomic E-state index is 0.0237. The summed E-state index contributed by atoms with van der Waals surface area (Å²) in [5.74, 6) is 0.584. The largest absolute Gasteiger partial charge is 0.339 e. The Labute approximate surface area is 166 Å². The molecule has 1 spiro atoms. The number of carbonyl (C=O) groups excluding carboxylic acids is 1. The Bertz CT molecular complexity index is 864. The second-order valence-electron chi connectivity index (χ2n) is 8.34. The molecule has 5 nitrogen and oxygen atoms in total. The zero-order valence-electron chi connectivity index (χ0n) is 16.3. The van der Waals surface area contributed by atoms with Crippen LogP contribution in [0, 0.1) is 16.7 Å². The van der Waals surface area contributed by atoms with Gasteiger partial charge in [-0.3, -0.25) is 4.79 Å². The van der Waals surface area contributed by atoms with Gasteiger partial charge in [-0.05, 0) is 55.3 Å². The first kappa shape index (κ1) is 18.6. The second-order valence-corrected chi connectivity index (χ2v) is 8.34. The zero-order valence-corrected chi connectivity index (χ0v) is 16.3. The average Bonchev–Trinajstić information content (AvgIpc) is 2.74. The first-order valence-corrected chi connectivity index (χ1v) is 9.97. The predicted octanol–water partition coefficient (Wildman–Crippen LogP) is 3.29. The van der Waals surface area contributed by atoms with Crippen LogP contribution in [0.3, 0.4) is 0 Å². The molecular formula is C23H26N4O. The molecule has 5 heteroatoms. The lowest BCUT2D eigenvalue weighted by molar-refractivity contribution is 0.0224. The fraction of sp³-hybridized carbons (Fsp3) is 0.435. The number of rotatable bonds is 2. The molecule has 2 aliphatic rings. The number of nitriles is 1. The summed E-state index contributed by atoms with van der Waals surface area (Å²) in [5.41, 5.74) is 2.62. The first-order chi connectivity index (χ1) is 13.6. The number of nitrogens with zero attached hydrogens (tertiary/aromatic N) is 4. The molecule has 1 aromatic carbocycles. The summed E-state index contributed by atoms with van der Waals surface area (Å²) in [4.78, 5) is 21.3. The number of pyridine rings is 1. The number of carbonyl (C=O) groups is 1. The maximum absolute atomic E-state index is 12.8. The summed E-state index contributed by atoms with van der Waals surface area (Å²) in [5, 5.41) is 8.87. The predicted molar refractivity (Wildman–Crippen MR) is 108 cm³/mol. The zero-order chi connectivity index (χ0) is 19.6. The Morgan fingerprint density at radius 1 is 1.18 bits per heavy atom. The number of hydrogen-bond acceptors (Lipinski definition) is 4. The van der Waals surface area contributed by atoms with Crippen LogP contribution in [0.1, 0.15) is 46.8 Å². The maximum atomic E-state index is 12.8. The summed E-state index contributed by atoms with van der Waals surface area (Å²) >= 11 is 0. The number of benzene rings is 1. The van der Waals surface area contributed by atoms with Gasteiger partial charge in [0, 0.05) is 32.4 Å². The van der Waals surface area contributed by atoms with Crippen LogP contribution in [0.4, 0.5) is 0 Å². The summed E-state index contributed by atoms with van der Waals surface area (Å²) in [6.45, 7) is 3.78. The highest BCUT2D eigenvalue weighted by Gasteiger charge is 2.42. The molecule has 0 N–H and O–H groups in total. The maximum Gasteiger partial charge on any atom is 0.255 e. The molecule has 4 rings (SSSR count). The normalized spacial score (nSPS) is 22.0. The highest BCUT2D eigenvalue weighted by Crippen LogP contribution is 2.44. The molecule has 2 aromatic rings. The van der Waals surface area contributed by atoms with Crippen molar-refractivity contribution in [3.63, 3.8) is 0 Å². The van der Waals surface area contributed by atoms with Crippen molar-refractivity contribution in [2.45, 2.75) is 25.2 Å². The highest BCUT2D eigenvalue weighted by atomic mass is 16.2. The summed E-state index contributed by atoms with van der Waals surface area (Å²) in [6.07, 6.45) is 4.79. The van der Waals surface area contributed by atoms with E-state index in [1.165, 1.54) is 18.2 Å². The quantitative estimate of drug-likeness (QED) is 0.809. The van der Waals surface area contributed by atoms with Gasteiger partial charge in [0.1, 0.15) is 11.8 Å². The van der Waals surface area contributed by atoms with E-state index in [4.69, 9.17) is 5.26 Å². The fourth-order valence-electron chi connectivity index (χ4n) is 4.93. The molecule has 0 bridgehead atoms. The molecule has 2 aliphatic heterocycles. The molecule has 1 amide bonds. The van der Waals surface area contributed by atoms with Crippen LogP contribution in [0.5, 0.6) is 0 Å². The van der Waals surface area contributed by atoms with Crippen LogP contribution in [0.15, 0.2) is 48.7 Å². The van der Waals surface area contributed by atoms with E-state index >= 15 is 0 Å². The molecular weight excluding hydrogens is 348 g/mol. The molecule has 1 aromatic heterocycles. The summed E-state index contributed by atoms with van der Waals surface area (Å²) < 4.78 is 0. The van der Waals surface area contributed by atoms with Gasteiger partial charge in [0.15, 0.2) is 0 Å². The number of amides is 1. The van der Waals surface area contributed by atoms with Gasteiger partial charge in [0.25, 0.3) is 5.91 Å². The summed E-state index contributed by atoms with van der Waals surface area (Å²) in [6, 6.07) is 16.1. The minimum absolute atomic E-state index is 0.0237. The van der Waals surface area contributed by atoms with Crippen LogP contribution in [0.25, 0.3) is 0 Å². The lowest BCUT2D eigenvalue weighted by Gasteiger charge is -2.49. The van der Waals surface area contributed by atoms with Crippen molar-refractivity contribution in [3.8, 4) is 6.07 Å². The molecule has 3 heterocycles. The standard InChI is InChI=1S/C23H26N4O/c1-26-16-20(18-5-3-2-4-6-18)13-23(17-26)9-11-27(12-10-23)22(28)19-7-8-21(14-24)25-15-19/h2-8,15,20H,9-13,16-17H2,1H3/t20-/m0/s1. The third-order valence-corrected chi connectivity index (χ3v) is 6.32. The van der Waals surface area contributed by atoms with Crippen LogP contribution in [-0.4, -0.2) is 53.9 Å².